The second-order valence-corrected chi connectivity index (χ2v) is 4.38. The summed E-state index contributed by atoms with van der Waals surface area (Å²) in [4.78, 5) is 11.7. The van der Waals surface area contributed by atoms with Gasteiger partial charge in [-0.2, -0.15) is 0 Å². The maximum atomic E-state index is 11.7. The van der Waals surface area contributed by atoms with E-state index >= 15 is 0 Å². The van der Waals surface area contributed by atoms with E-state index in [0.717, 1.165) is 26.9 Å². The maximum Gasteiger partial charge on any atom is 0.170 e. The second kappa shape index (κ2) is 3.39. The summed E-state index contributed by atoms with van der Waals surface area (Å²) < 4.78 is 6.50. The third-order valence-electron chi connectivity index (χ3n) is 2.52. The van der Waals surface area contributed by atoms with Crippen LogP contribution in [0.15, 0.2) is 10.5 Å². The van der Waals surface area contributed by atoms with Gasteiger partial charge in [-0.05, 0) is 31.0 Å². The predicted molar refractivity (Wildman–Crippen MR) is 58.1 cm³/mol. The molecule has 0 radical (unpaired) electrons. The number of benzene rings is 1. The molecule has 14 heavy (non-hydrogen) atoms. The van der Waals surface area contributed by atoms with Crippen LogP contribution in [0.4, 0.5) is 0 Å². The number of carbonyl (C=O) groups is 1. The standard InChI is InChI=1S/C11H11BrO2/c1-6-5-8(12)7(2)10-9(13)3-4-14-11(6)10/h5H,3-4H2,1-2H3. The van der Waals surface area contributed by atoms with E-state index in [1.807, 2.05) is 19.9 Å². The molecule has 0 amide bonds. The summed E-state index contributed by atoms with van der Waals surface area (Å²) in [5.41, 5.74) is 2.75. The normalized spacial score (nSPS) is 14.9. The average Bonchev–Trinajstić information content (AvgIpc) is 2.14. The molecule has 1 aromatic rings. The van der Waals surface area contributed by atoms with Crippen molar-refractivity contribution in [2.45, 2.75) is 20.3 Å². The molecule has 0 N–H and O–H groups in total. The number of halogens is 1. The van der Waals surface area contributed by atoms with E-state index in [1.54, 1.807) is 0 Å². The fraction of sp³-hybridized carbons (Fsp3) is 0.364. The Morgan fingerprint density at radius 1 is 1.43 bits per heavy atom. The minimum atomic E-state index is 0.188. The highest BCUT2D eigenvalue weighted by molar-refractivity contribution is 9.10. The van der Waals surface area contributed by atoms with Crippen LogP contribution in [0.25, 0.3) is 0 Å². The van der Waals surface area contributed by atoms with E-state index in [2.05, 4.69) is 15.9 Å². The number of Topliss-reactive ketones (excluding diaryl/α,β-unsaturated/α-hetero) is 1. The molecule has 0 fully saturated rings. The Balaban J connectivity index is 2.73. The van der Waals surface area contributed by atoms with Crippen molar-refractivity contribution in [1.29, 1.82) is 0 Å². The van der Waals surface area contributed by atoms with Crippen LogP contribution >= 0.6 is 15.9 Å². The van der Waals surface area contributed by atoms with Gasteiger partial charge in [-0.3, -0.25) is 4.79 Å². The van der Waals surface area contributed by atoms with Gasteiger partial charge in [0.1, 0.15) is 5.75 Å². The minimum absolute atomic E-state index is 0.188. The Bertz CT molecular complexity index is 410. The van der Waals surface area contributed by atoms with Crippen molar-refractivity contribution in [2.75, 3.05) is 6.61 Å². The minimum Gasteiger partial charge on any atom is -0.492 e. The smallest absolute Gasteiger partial charge is 0.170 e. The molecule has 0 unspecified atom stereocenters. The van der Waals surface area contributed by atoms with Crippen molar-refractivity contribution in [1.82, 2.24) is 0 Å². The van der Waals surface area contributed by atoms with Gasteiger partial charge in [-0.1, -0.05) is 15.9 Å². The summed E-state index contributed by atoms with van der Waals surface area (Å²) in [5, 5.41) is 0. The zero-order valence-corrected chi connectivity index (χ0v) is 9.77. The van der Waals surface area contributed by atoms with Crippen LogP contribution in [0.3, 0.4) is 0 Å². The number of ketones is 1. The van der Waals surface area contributed by atoms with Crippen LogP contribution < -0.4 is 4.74 Å². The van der Waals surface area contributed by atoms with Crippen molar-refractivity contribution in [3.05, 3.63) is 27.2 Å². The molecular weight excluding hydrogens is 244 g/mol. The van der Waals surface area contributed by atoms with Gasteiger partial charge in [0.25, 0.3) is 0 Å². The molecule has 1 aliphatic rings. The number of hydrogen-bond donors (Lipinski definition) is 0. The summed E-state index contributed by atoms with van der Waals surface area (Å²) >= 11 is 3.44. The predicted octanol–water partition coefficient (Wildman–Crippen LogP) is 3.03. The van der Waals surface area contributed by atoms with Crippen molar-refractivity contribution >= 4 is 21.7 Å². The van der Waals surface area contributed by atoms with Crippen LogP contribution in [0.5, 0.6) is 5.75 Å². The van der Waals surface area contributed by atoms with Crippen molar-refractivity contribution in [3.8, 4) is 5.75 Å². The Morgan fingerprint density at radius 2 is 2.14 bits per heavy atom. The quantitative estimate of drug-likeness (QED) is 0.712. The van der Waals surface area contributed by atoms with Crippen molar-refractivity contribution in [2.24, 2.45) is 0 Å². The first-order valence-electron chi connectivity index (χ1n) is 4.57. The number of carbonyl (C=O) groups excluding carboxylic acids is 1. The van der Waals surface area contributed by atoms with E-state index in [9.17, 15) is 4.79 Å². The molecule has 74 valence electrons. The summed E-state index contributed by atoms with van der Waals surface area (Å²) in [5.74, 6) is 0.954. The lowest BCUT2D eigenvalue weighted by Gasteiger charge is -2.21. The fourth-order valence-electron chi connectivity index (χ4n) is 1.74. The Hall–Kier alpha value is -0.830. The first kappa shape index (κ1) is 9.71. The number of hydrogen-bond acceptors (Lipinski definition) is 2. The van der Waals surface area contributed by atoms with Crippen LogP contribution in [-0.4, -0.2) is 12.4 Å². The first-order valence-corrected chi connectivity index (χ1v) is 5.36. The zero-order chi connectivity index (χ0) is 10.3. The van der Waals surface area contributed by atoms with Gasteiger partial charge in [0.15, 0.2) is 5.78 Å². The molecule has 0 saturated heterocycles. The highest BCUT2D eigenvalue weighted by Crippen LogP contribution is 2.35. The van der Waals surface area contributed by atoms with Gasteiger partial charge in [0, 0.05) is 10.9 Å². The second-order valence-electron chi connectivity index (χ2n) is 3.53. The molecule has 3 heteroatoms. The van der Waals surface area contributed by atoms with Crippen molar-refractivity contribution < 1.29 is 9.53 Å². The molecule has 0 spiro atoms. The third kappa shape index (κ3) is 1.36. The van der Waals surface area contributed by atoms with E-state index in [1.165, 1.54) is 0 Å². The molecule has 1 aliphatic heterocycles. The lowest BCUT2D eigenvalue weighted by molar-refractivity contribution is 0.0932. The van der Waals surface area contributed by atoms with Crippen LogP contribution in [0, 0.1) is 13.8 Å². The van der Waals surface area contributed by atoms with Gasteiger partial charge in [0.2, 0.25) is 0 Å². The molecule has 0 aliphatic carbocycles. The lowest BCUT2D eigenvalue weighted by Crippen LogP contribution is -2.17. The van der Waals surface area contributed by atoms with Gasteiger partial charge in [-0.15, -0.1) is 0 Å². The summed E-state index contributed by atoms with van der Waals surface area (Å²) in [6.07, 6.45) is 0.490. The topological polar surface area (TPSA) is 26.3 Å². The van der Waals surface area contributed by atoms with E-state index in [0.29, 0.717) is 13.0 Å². The van der Waals surface area contributed by atoms with Crippen molar-refractivity contribution in [3.63, 3.8) is 0 Å². The molecule has 1 heterocycles. The Labute approximate surface area is 91.4 Å². The molecular formula is C11H11BrO2. The fourth-order valence-corrected chi connectivity index (χ4v) is 2.28. The highest BCUT2D eigenvalue weighted by atomic mass is 79.9. The molecule has 2 nitrogen and oxygen atoms in total. The summed E-state index contributed by atoms with van der Waals surface area (Å²) in [6, 6.07) is 1.99. The van der Waals surface area contributed by atoms with Gasteiger partial charge in [-0.25, -0.2) is 0 Å². The van der Waals surface area contributed by atoms with Gasteiger partial charge < -0.3 is 4.74 Å². The number of fused-ring (bicyclic) bond motifs is 1. The average molecular weight is 255 g/mol. The van der Waals surface area contributed by atoms with E-state index < -0.39 is 0 Å². The largest absolute Gasteiger partial charge is 0.492 e. The zero-order valence-electron chi connectivity index (χ0n) is 8.19. The van der Waals surface area contributed by atoms with Gasteiger partial charge in [0.05, 0.1) is 12.2 Å². The lowest BCUT2D eigenvalue weighted by atomic mass is 9.97. The Morgan fingerprint density at radius 3 is 2.86 bits per heavy atom. The Kier molecular flexibility index (Phi) is 2.35. The molecule has 2 rings (SSSR count). The molecule has 0 saturated carbocycles. The van der Waals surface area contributed by atoms with Gasteiger partial charge >= 0.3 is 0 Å². The SMILES string of the molecule is Cc1cc(Br)c(C)c2c1OCCC2=O. The maximum absolute atomic E-state index is 11.7. The first-order chi connectivity index (χ1) is 6.61. The van der Waals surface area contributed by atoms with E-state index in [-0.39, 0.29) is 5.78 Å². The summed E-state index contributed by atoms with van der Waals surface area (Å²) in [6.45, 7) is 4.41. The monoisotopic (exact) mass is 254 g/mol. The highest BCUT2D eigenvalue weighted by Gasteiger charge is 2.23. The molecule has 1 aromatic carbocycles. The third-order valence-corrected chi connectivity index (χ3v) is 3.34. The summed E-state index contributed by atoms with van der Waals surface area (Å²) in [7, 11) is 0. The number of rotatable bonds is 0. The number of aryl methyl sites for hydroxylation is 1. The molecule has 0 bridgehead atoms. The van der Waals surface area contributed by atoms with Crippen LogP contribution in [0.1, 0.15) is 27.9 Å². The van der Waals surface area contributed by atoms with Crippen LogP contribution in [-0.2, 0) is 0 Å². The molecule has 0 atom stereocenters. The van der Waals surface area contributed by atoms with Crippen LogP contribution in [0.2, 0.25) is 0 Å². The van der Waals surface area contributed by atoms with E-state index in [4.69, 9.17) is 4.74 Å². The number of ether oxygens (including phenoxy) is 1. The molecule has 0 aromatic heterocycles.